The van der Waals surface area contributed by atoms with Gasteiger partial charge < -0.3 is 9.42 Å². The van der Waals surface area contributed by atoms with Gasteiger partial charge in [-0.25, -0.2) is 16.8 Å². The zero-order valence-electron chi connectivity index (χ0n) is 17.1. The lowest BCUT2D eigenvalue weighted by Crippen LogP contribution is -2.50. The molecule has 29 heavy (non-hydrogen) atoms. The van der Waals surface area contributed by atoms with Crippen molar-refractivity contribution in [3.8, 4) is 0 Å². The fraction of sp³-hybridized carbons (Fsp3) is 0.778. The van der Waals surface area contributed by atoms with Gasteiger partial charge in [0.2, 0.25) is 15.9 Å². The summed E-state index contributed by atoms with van der Waals surface area (Å²) in [6.07, 6.45) is 2.33. The van der Waals surface area contributed by atoms with Crippen LogP contribution in [0.3, 0.4) is 0 Å². The molecule has 2 atom stereocenters. The van der Waals surface area contributed by atoms with E-state index < -0.39 is 25.8 Å². The maximum absolute atomic E-state index is 13.3. The molecule has 2 aliphatic heterocycles. The predicted molar refractivity (Wildman–Crippen MR) is 107 cm³/mol. The number of aromatic nitrogens is 1. The minimum absolute atomic E-state index is 0.00739. The molecule has 0 saturated carbocycles. The van der Waals surface area contributed by atoms with Gasteiger partial charge in [0.25, 0.3) is 0 Å². The molecular formula is C18H29N3O6S2. The molecule has 2 aliphatic rings. The van der Waals surface area contributed by atoms with Crippen LogP contribution in [0.15, 0.2) is 9.42 Å². The molecule has 0 aliphatic carbocycles. The van der Waals surface area contributed by atoms with Crippen molar-refractivity contribution < 1.29 is 26.2 Å². The van der Waals surface area contributed by atoms with Crippen LogP contribution in [0.4, 0.5) is 0 Å². The second kappa shape index (κ2) is 8.35. The Kier molecular flexibility index (Phi) is 6.40. The Morgan fingerprint density at radius 2 is 2.03 bits per heavy atom. The summed E-state index contributed by atoms with van der Waals surface area (Å²) in [5.41, 5.74) is 0.305. The normalized spacial score (nSPS) is 25.2. The maximum Gasteiger partial charge on any atom is 0.248 e. The van der Waals surface area contributed by atoms with Gasteiger partial charge in [-0.15, -0.1) is 0 Å². The largest absolute Gasteiger partial charge is 0.360 e. The van der Waals surface area contributed by atoms with Gasteiger partial charge >= 0.3 is 0 Å². The fourth-order valence-electron chi connectivity index (χ4n) is 4.30. The van der Waals surface area contributed by atoms with E-state index >= 15 is 0 Å². The number of carbonyl (C=O) groups is 1. The monoisotopic (exact) mass is 447 g/mol. The highest BCUT2D eigenvalue weighted by Crippen LogP contribution is 2.29. The summed E-state index contributed by atoms with van der Waals surface area (Å²) in [6.45, 7) is 5.99. The van der Waals surface area contributed by atoms with E-state index in [4.69, 9.17) is 4.52 Å². The van der Waals surface area contributed by atoms with Crippen LogP contribution < -0.4 is 0 Å². The molecule has 2 fully saturated rings. The third kappa shape index (κ3) is 4.51. The Balaban J connectivity index is 1.79. The molecule has 2 saturated heterocycles. The number of hydrogen-bond acceptors (Lipinski definition) is 7. The van der Waals surface area contributed by atoms with Gasteiger partial charge in [0, 0.05) is 25.7 Å². The summed E-state index contributed by atoms with van der Waals surface area (Å²) < 4.78 is 56.4. The van der Waals surface area contributed by atoms with Gasteiger partial charge in [-0.1, -0.05) is 12.1 Å². The van der Waals surface area contributed by atoms with E-state index in [1.54, 1.807) is 18.7 Å². The van der Waals surface area contributed by atoms with E-state index in [9.17, 15) is 21.6 Å². The van der Waals surface area contributed by atoms with Crippen molar-refractivity contribution >= 4 is 25.8 Å². The second-order valence-electron chi connectivity index (χ2n) is 7.94. The van der Waals surface area contributed by atoms with Gasteiger partial charge in [0.05, 0.1) is 17.4 Å². The average Bonchev–Trinajstić information content (AvgIpc) is 3.20. The lowest BCUT2D eigenvalue weighted by atomic mass is 9.97. The van der Waals surface area contributed by atoms with Gasteiger partial charge in [-0.3, -0.25) is 4.79 Å². The standard InChI is InChI=1S/C18H29N3O6S2/c1-4-8-21(16-7-10-28(23,24)12-16)18(22)15-6-5-9-20(11-15)29(25,26)17-13(2)19-27-14(17)3/h15-16H,4-12H2,1-3H3. The van der Waals surface area contributed by atoms with Crippen molar-refractivity contribution in [3.63, 3.8) is 0 Å². The minimum Gasteiger partial charge on any atom is -0.360 e. The van der Waals surface area contributed by atoms with Crippen molar-refractivity contribution in [2.75, 3.05) is 31.1 Å². The minimum atomic E-state index is -3.81. The van der Waals surface area contributed by atoms with Crippen LogP contribution in [0.1, 0.15) is 44.1 Å². The quantitative estimate of drug-likeness (QED) is 0.641. The Morgan fingerprint density at radius 3 is 2.59 bits per heavy atom. The number of sulfonamides is 1. The van der Waals surface area contributed by atoms with Crippen LogP contribution in [-0.2, 0) is 24.7 Å². The summed E-state index contributed by atoms with van der Waals surface area (Å²) >= 11 is 0. The predicted octanol–water partition coefficient (Wildman–Crippen LogP) is 1.12. The van der Waals surface area contributed by atoms with Crippen LogP contribution in [0.25, 0.3) is 0 Å². The maximum atomic E-state index is 13.3. The van der Waals surface area contributed by atoms with Gasteiger partial charge in [-0.05, 0) is 39.5 Å². The van der Waals surface area contributed by atoms with Crippen molar-refractivity contribution in [2.45, 2.75) is 57.4 Å². The number of amides is 1. The molecule has 1 aromatic heterocycles. The van der Waals surface area contributed by atoms with E-state index in [1.807, 2.05) is 6.92 Å². The van der Waals surface area contributed by atoms with Crippen LogP contribution in [0.2, 0.25) is 0 Å². The van der Waals surface area contributed by atoms with Gasteiger partial charge in [0.1, 0.15) is 10.6 Å². The number of rotatable bonds is 6. The number of sulfone groups is 1. The first-order chi connectivity index (χ1) is 13.6. The number of aryl methyl sites for hydroxylation is 2. The smallest absolute Gasteiger partial charge is 0.248 e. The number of piperidine rings is 1. The summed E-state index contributed by atoms with van der Waals surface area (Å²) in [7, 11) is -6.93. The zero-order valence-corrected chi connectivity index (χ0v) is 18.8. The van der Waals surface area contributed by atoms with Gasteiger partial charge in [-0.2, -0.15) is 4.31 Å². The van der Waals surface area contributed by atoms with E-state index in [0.29, 0.717) is 38.0 Å². The summed E-state index contributed by atoms with van der Waals surface area (Å²) in [6, 6.07) is -0.318. The Labute approximate surface area is 172 Å². The highest BCUT2D eigenvalue weighted by atomic mass is 32.2. The van der Waals surface area contributed by atoms with Crippen LogP contribution in [0, 0.1) is 19.8 Å². The highest BCUT2D eigenvalue weighted by Gasteiger charge is 2.40. The molecule has 0 radical (unpaired) electrons. The number of hydrogen-bond donors (Lipinski definition) is 0. The van der Waals surface area contributed by atoms with Crippen LogP contribution in [0.5, 0.6) is 0 Å². The Morgan fingerprint density at radius 1 is 1.31 bits per heavy atom. The molecule has 2 unspecified atom stereocenters. The van der Waals surface area contributed by atoms with Crippen LogP contribution in [-0.4, -0.2) is 74.3 Å². The number of nitrogens with zero attached hydrogens (tertiary/aromatic N) is 3. The molecule has 9 nitrogen and oxygen atoms in total. The lowest BCUT2D eigenvalue weighted by molar-refractivity contribution is -0.138. The fourth-order valence-corrected chi connectivity index (χ4v) is 7.85. The molecule has 3 heterocycles. The molecule has 0 spiro atoms. The Bertz CT molecular complexity index is 950. The molecular weight excluding hydrogens is 418 g/mol. The van der Waals surface area contributed by atoms with Crippen molar-refractivity contribution in [3.05, 3.63) is 11.5 Å². The topological polar surface area (TPSA) is 118 Å². The summed E-state index contributed by atoms with van der Waals surface area (Å²) in [4.78, 5) is 15.0. The zero-order chi connectivity index (χ0) is 21.4. The number of carbonyl (C=O) groups excluding carboxylic acids is 1. The first-order valence-corrected chi connectivity index (χ1v) is 13.3. The van der Waals surface area contributed by atoms with E-state index in [-0.39, 0.29) is 40.7 Å². The molecule has 11 heteroatoms. The van der Waals surface area contributed by atoms with Crippen molar-refractivity contribution in [1.82, 2.24) is 14.4 Å². The van der Waals surface area contributed by atoms with Crippen molar-refractivity contribution in [1.29, 1.82) is 0 Å². The summed E-state index contributed by atoms with van der Waals surface area (Å²) in [5, 5.41) is 3.74. The third-order valence-electron chi connectivity index (χ3n) is 5.70. The molecule has 1 amide bonds. The average molecular weight is 448 g/mol. The Hall–Kier alpha value is -1.46. The van der Waals surface area contributed by atoms with E-state index in [1.165, 1.54) is 4.31 Å². The van der Waals surface area contributed by atoms with Crippen molar-refractivity contribution in [2.24, 2.45) is 5.92 Å². The summed E-state index contributed by atoms with van der Waals surface area (Å²) in [5.74, 6) is -0.296. The second-order valence-corrected chi connectivity index (χ2v) is 12.0. The SMILES string of the molecule is CCCN(C(=O)C1CCCN(S(=O)(=O)c2c(C)noc2C)C1)C1CCS(=O)(=O)C1. The molecule has 164 valence electrons. The first-order valence-electron chi connectivity index (χ1n) is 10.0. The van der Waals surface area contributed by atoms with E-state index in [2.05, 4.69) is 5.16 Å². The molecule has 0 bridgehead atoms. The third-order valence-corrected chi connectivity index (χ3v) is 9.56. The highest BCUT2D eigenvalue weighted by molar-refractivity contribution is 7.91. The molecule has 0 aromatic carbocycles. The van der Waals surface area contributed by atoms with E-state index in [0.717, 1.165) is 6.42 Å². The molecule has 0 N–H and O–H groups in total. The molecule has 1 aromatic rings. The lowest BCUT2D eigenvalue weighted by Gasteiger charge is -2.36. The first kappa shape index (κ1) is 22.2. The molecule has 3 rings (SSSR count). The van der Waals surface area contributed by atoms with Gasteiger partial charge in [0.15, 0.2) is 15.6 Å². The van der Waals surface area contributed by atoms with Crippen LogP contribution >= 0.6 is 0 Å².